The van der Waals surface area contributed by atoms with Gasteiger partial charge in [0.25, 0.3) is 0 Å². The van der Waals surface area contributed by atoms with Crippen molar-refractivity contribution in [1.82, 2.24) is 0 Å². The van der Waals surface area contributed by atoms with Gasteiger partial charge < -0.3 is 14.6 Å². The van der Waals surface area contributed by atoms with Gasteiger partial charge in [-0.2, -0.15) is 0 Å². The van der Waals surface area contributed by atoms with E-state index < -0.39 is 0 Å². The Morgan fingerprint density at radius 3 is 2.46 bits per heavy atom. The van der Waals surface area contributed by atoms with Gasteiger partial charge in [-0.25, -0.2) is 4.79 Å². The summed E-state index contributed by atoms with van der Waals surface area (Å²) < 4.78 is 11.1. The average molecular weight is 507 g/mol. The molecule has 0 atom stereocenters. The highest BCUT2D eigenvalue weighted by atomic mass is 16.5. The van der Waals surface area contributed by atoms with Crippen LogP contribution in [0.5, 0.6) is 5.75 Å². The Kier molecular flexibility index (Phi) is 11.7. The molecular formula is C33H46O4. The highest BCUT2D eigenvalue weighted by Gasteiger charge is 2.23. The molecule has 1 saturated carbocycles. The number of unbranched alkanes of at least 4 members (excludes halogenated alkanes) is 2. The molecule has 4 heteroatoms. The van der Waals surface area contributed by atoms with E-state index in [9.17, 15) is 9.90 Å². The Balaban J connectivity index is 1.75. The van der Waals surface area contributed by atoms with Crippen molar-refractivity contribution in [3.63, 3.8) is 0 Å². The summed E-state index contributed by atoms with van der Waals surface area (Å²) in [7, 11) is 0. The standard InChI is InChI=1S/C33H46O4/c1-5-7-8-9-25-10-12-27(13-11-25)28-14-16-31(26(6-2)22-28)29-15-17-32(36-21-19-34)30(23-29)18-20-37-33(35)24(3)4/h14-17,22-23,25,27,34H,3,5-13,18-21H2,1-2,4H3. The third kappa shape index (κ3) is 8.46. The zero-order valence-corrected chi connectivity index (χ0v) is 23.2. The largest absolute Gasteiger partial charge is 0.491 e. The van der Waals surface area contributed by atoms with Gasteiger partial charge in [0.2, 0.25) is 0 Å². The number of hydrogen-bond donors (Lipinski definition) is 1. The first-order chi connectivity index (χ1) is 18.0. The van der Waals surface area contributed by atoms with Crippen LogP contribution in [0, 0.1) is 5.92 Å². The van der Waals surface area contributed by atoms with E-state index in [1.165, 1.54) is 68.1 Å². The molecule has 0 spiro atoms. The van der Waals surface area contributed by atoms with E-state index in [0.717, 1.165) is 29.2 Å². The molecule has 3 rings (SSSR count). The minimum absolute atomic E-state index is 0.0477. The van der Waals surface area contributed by atoms with Gasteiger partial charge in [0.15, 0.2) is 0 Å². The second-order valence-corrected chi connectivity index (χ2v) is 10.5. The molecule has 1 fully saturated rings. The third-order valence-electron chi connectivity index (χ3n) is 7.72. The Bertz CT molecular complexity index is 1020. The van der Waals surface area contributed by atoms with Crippen LogP contribution in [0.25, 0.3) is 11.1 Å². The molecule has 37 heavy (non-hydrogen) atoms. The zero-order valence-electron chi connectivity index (χ0n) is 23.2. The normalized spacial score (nSPS) is 17.4. The maximum absolute atomic E-state index is 11.8. The van der Waals surface area contributed by atoms with Gasteiger partial charge in [-0.05, 0) is 90.8 Å². The van der Waals surface area contributed by atoms with Gasteiger partial charge in [0, 0.05) is 12.0 Å². The summed E-state index contributed by atoms with van der Waals surface area (Å²) in [4.78, 5) is 11.8. The molecule has 0 heterocycles. The predicted octanol–water partition coefficient (Wildman–Crippen LogP) is 7.80. The lowest BCUT2D eigenvalue weighted by molar-refractivity contribution is -0.138. The average Bonchev–Trinajstić information content (AvgIpc) is 2.92. The molecule has 0 unspecified atom stereocenters. The molecule has 202 valence electrons. The molecule has 4 nitrogen and oxygen atoms in total. The van der Waals surface area contributed by atoms with E-state index in [0.29, 0.717) is 17.9 Å². The number of benzene rings is 2. The molecule has 1 aliphatic rings. The molecule has 0 aliphatic heterocycles. The molecule has 2 aromatic rings. The second-order valence-electron chi connectivity index (χ2n) is 10.5. The molecule has 0 radical (unpaired) electrons. The van der Waals surface area contributed by atoms with Gasteiger partial charge in [0.1, 0.15) is 12.4 Å². The molecule has 0 bridgehead atoms. The number of carbonyl (C=O) groups is 1. The Labute approximate surface area is 224 Å². The number of aliphatic hydroxyl groups is 1. The lowest BCUT2D eigenvalue weighted by atomic mass is 9.76. The Morgan fingerprint density at radius 1 is 1.00 bits per heavy atom. The van der Waals surface area contributed by atoms with Crippen molar-refractivity contribution in [2.75, 3.05) is 19.8 Å². The van der Waals surface area contributed by atoms with E-state index >= 15 is 0 Å². The first-order valence-corrected chi connectivity index (χ1v) is 14.3. The lowest BCUT2D eigenvalue weighted by Crippen LogP contribution is -2.13. The highest BCUT2D eigenvalue weighted by molar-refractivity contribution is 5.86. The Morgan fingerprint density at radius 2 is 1.78 bits per heavy atom. The summed E-state index contributed by atoms with van der Waals surface area (Å²) in [5.41, 5.74) is 6.60. The summed E-state index contributed by atoms with van der Waals surface area (Å²) in [6, 6.07) is 13.2. The summed E-state index contributed by atoms with van der Waals surface area (Å²) in [5, 5.41) is 9.22. The molecule has 0 amide bonds. The van der Waals surface area contributed by atoms with Crippen molar-refractivity contribution in [1.29, 1.82) is 0 Å². The molecule has 1 N–H and O–H groups in total. The summed E-state index contributed by atoms with van der Waals surface area (Å²) in [5.74, 6) is 1.93. The maximum Gasteiger partial charge on any atom is 0.333 e. The minimum Gasteiger partial charge on any atom is -0.491 e. The van der Waals surface area contributed by atoms with Crippen molar-refractivity contribution >= 4 is 5.97 Å². The molecule has 0 saturated heterocycles. The van der Waals surface area contributed by atoms with Crippen LogP contribution in [0.4, 0.5) is 0 Å². The third-order valence-corrected chi connectivity index (χ3v) is 7.72. The van der Waals surface area contributed by atoms with Gasteiger partial charge in [0.05, 0.1) is 13.2 Å². The van der Waals surface area contributed by atoms with Crippen molar-refractivity contribution in [3.8, 4) is 16.9 Å². The first kappa shape index (κ1) is 29.0. The van der Waals surface area contributed by atoms with E-state index in [1.807, 2.05) is 6.07 Å². The van der Waals surface area contributed by atoms with Crippen LogP contribution < -0.4 is 4.74 Å². The molecule has 2 aromatic carbocycles. The smallest absolute Gasteiger partial charge is 0.333 e. The maximum atomic E-state index is 11.8. The van der Waals surface area contributed by atoms with Crippen molar-refractivity contribution in [2.24, 2.45) is 5.92 Å². The number of hydrogen-bond acceptors (Lipinski definition) is 4. The molecule has 0 aromatic heterocycles. The van der Waals surface area contributed by atoms with E-state index in [4.69, 9.17) is 9.47 Å². The van der Waals surface area contributed by atoms with Gasteiger partial charge in [-0.3, -0.25) is 0 Å². The van der Waals surface area contributed by atoms with Gasteiger partial charge in [-0.15, -0.1) is 0 Å². The highest BCUT2D eigenvalue weighted by Crippen LogP contribution is 2.39. The fraction of sp³-hybridized carbons (Fsp3) is 0.545. The summed E-state index contributed by atoms with van der Waals surface area (Å²) >= 11 is 0. The minimum atomic E-state index is -0.382. The number of ether oxygens (including phenoxy) is 2. The van der Waals surface area contributed by atoms with Crippen LogP contribution in [0.3, 0.4) is 0 Å². The van der Waals surface area contributed by atoms with Crippen molar-refractivity contribution in [3.05, 3.63) is 65.2 Å². The van der Waals surface area contributed by atoms with Crippen molar-refractivity contribution in [2.45, 2.75) is 90.9 Å². The lowest BCUT2D eigenvalue weighted by Gasteiger charge is -2.29. The Hall–Kier alpha value is -2.59. The number of esters is 1. The fourth-order valence-electron chi connectivity index (χ4n) is 5.52. The van der Waals surface area contributed by atoms with Crippen LogP contribution >= 0.6 is 0 Å². The van der Waals surface area contributed by atoms with E-state index in [-0.39, 0.29) is 25.8 Å². The van der Waals surface area contributed by atoms with Crippen LogP contribution in [0.1, 0.15) is 94.7 Å². The van der Waals surface area contributed by atoms with Gasteiger partial charge >= 0.3 is 5.97 Å². The predicted molar refractivity (Wildman–Crippen MR) is 152 cm³/mol. The summed E-state index contributed by atoms with van der Waals surface area (Å²) in [6.07, 6.45) is 12.3. The van der Waals surface area contributed by atoms with Crippen LogP contribution in [0.15, 0.2) is 48.6 Å². The number of aliphatic hydroxyl groups excluding tert-OH is 1. The fourth-order valence-corrected chi connectivity index (χ4v) is 5.52. The van der Waals surface area contributed by atoms with Crippen molar-refractivity contribution < 1.29 is 19.4 Å². The number of aryl methyl sites for hydroxylation is 1. The van der Waals surface area contributed by atoms with Crippen LogP contribution in [0.2, 0.25) is 0 Å². The first-order valence-electron chi connectivity index (χ1n) is 14.3. The second kappa shape index (κ2) is 15.0. The molecule has 1 aliphatic carbocycles. The SMILES string of the molecule is C=C(C)C(=O)OCCc1cc(-c2ccc(C3CCC(CCCCC)CC3)cc2CC)ccc1OCCO. The van der Waals surface area contributed by atoms with Gasteiger partial charge in [-0.1, -0.05) is 70.4 Å². The number of rotatable bonds is 14. The topological polar surface area (TPSA) is 55.8 Å². The summed E-state index contributed by atoms with van der Waals surface area (Å²) in [6.45, 7) is 10.2. The van der Waals surface area contributed by atoms with Crippen LogP contribution in [-0.2, 0) is 22.4 Å². The number of carbonyl (C=O) groups excluding carboxylic acids is 1. The monoisotopic (exact) mass is 506 g/mol. The van der Waals surface area contributed by atoms with E-state index in [2.05, 4.69) is 50.8 Å². The quantitative estimate of drug-likeness (QED) is 0.161. The molecular weight excluding hydrogens is 460 g/mol. The zero-order chi connectivity index (χ0) is 26.6. The van der Waals surface area contributed by atoms with E-state index in [1.54, 1.807) is 6.92 Å². The van der Waals surface area contributed by atoms with Crippen LogP contribution in [-0.4, -0.2) is 30.9 Å².